The minimum Gasteiger partial charge on any atom is -0.370 e. The Bertz CT molecular complexity index is 156. The van der Waals surface area contributed by atoms with Crippen molar-refractivity contribution in [3.8, 4) is 0 Å². The van der Waals surface area contributed by atoms with Gasteiger partial charge in [0.25, 0.3) is 0 Å². The molecule has 0 radical (unpaired) electrons. The fourth-order valence-electron chi connectivity index (χ4n) is 1.96. The van der Waals surface area contributed by atoms with Gasteiger partial charge in [-0.3, -0.25) is 4.79 Å². The number of hydrogen-bond acceptors (Lipinski definition) is 2. The monoisotopic (exact) mass is 206 g/mol. The van der Waals surface area contributed by atoms with Gasteiger partial charge in [0, 0.05) is 6.42 Å². The van der Waals surface area contributed by atoms with Gasteiger partial charge in [0.2, 0.25) is 5.91 Å². The highest BCUT2D eigenvalue weighted by molar-refractivity contribution is 5.85. The van der Waals surface area contributed by atoms with Crippen LogP contribution in [-0.2, 0) is 4.79 Å². The number of carbonyl (C=O) groups is 1. The van der Waals surface area contributed by atoms with E-state index in [1.165, 1.54) is 12.8 Å². The van der Waals surface area contributed by atoms with Crippen LogP contribution < -0.4 is 11.5 Å². The van der Waals surface area contributed by atoms with Gasteiger partial charge in [0.1, 0.15) is 0 Å². The lowest BCUT2D eigenvalue weighted by Gasteiger charge is -2.26. The van der Waals surface area contributed by atoms with E-state index in [1.54, 1.807) is 0 Å². The summed E-state index contributed by atoms with van der Waals surface area (Å²) in [5, 5.41) is 0. The molecule has 0 heterocycles. The smallest absolute Gasteiger partial charge is 0.217 e. The van der Waals surface area contributed by atoms with Gasteiger partial charge in [0.15, 0.2) is 0 Å². The molecule has 0 aromatic carbocycles. The molecule has 1 aliphatic carbocycles. The van der Waals surface area contributed by atoms with Crippen molar-refractivity contribution < 1.29 is 4.79 Å². The average molecular weight is 207 g/mol. The number of rotatable bonds is 3. The molecule has 0 aromatic heterocycles. The summed E-state index contributed by atoms with van der Waals surface area (Å²) in [4.78, 5) is 10.6. The maximum Gasteiger partial charge on any atom is 0.217 e. The van der Waals surface area contributed by atoms with Crippen molar-refractivity contribution in [3.63, 3.8) is 0 Å². The van der Waals surface area contributed by atoms with Crippen molar-refractivity contribution in [1.29, 1.82) is 0 Å². The van der Waals surface area contributed by atoms with Crippen molar-refractivity contribution in [2.24, 2.45) is 23.3 Å². The van der Waals surface area contributed by atoms with E-state index in [1.807, 2.05) is 0 Å². The number of halogens is 1. The number of hydrogen-bond donors (Lipinski definition) is 2. The Kier molecular flexibility index (Phi) is 6.08. The van der Waals surface area contributed by atoms with E-state index in [9.17, 15) is 4.79 Å². The van der Waals surface area contributed by atoms with Crippen LogP contribution in [0.1, 0.15) is 32.1 Å². The van der Waals surface area contributed by atoms with Gasteiger partial charge < -0.3 is 11.5 Å². The molecule has 3 nitrogen and oxygen atoms in total. The molecule has 1 aliphatic rings. The molecule has 1 saturated carbocycles. The summed E-state index contributed by atoms with van der Waals surface area (Å²) in [5.74, 6) is 1.06. The third-order valence-electron chi connectivity index (χ3n) is 2.79. The molecule has 1 fully saturated rings. The van der Waals surface area contributed by atoms with E-state index >= 15 is 0 Å². The van der Waals surface area contributed by atoms with Gasteiger partial charge in [0.05, 0.1) is 0 Å². The summed E-state index contributed by atoms with van der Waals surface area (Å²) in [5.41, 5.74) is 10.7. The fraction of sp³-hybridized carbons (Fsp3) is 0.889. The van der Waals surface area contributed by atoms with E-state index < -0.39 is 0 Å². The second-order valence-corrected chi connectivity index (χ2v) is 3.79. The first-order valence-corrected chi connectivity index (χ1v) is 4.70. The lowest BCUT2D eigenvalue weighted by atomic mass is 9.80. The average Bonchev–Trinajstić information content (AvgIpc) is 2.05. The number of carbonyl (C=O) groups excluding carboxylic acids is 1. The van der Waals surface area contributed by atoms with Crippen LogP contribution in [0.25, 0.3) is 0 Å². The van der Waals surface area contributed by atoms with Crippen molar-refractivity contribution >= 4 is 18.3 Å². The van der Waals surface area contributed by atoms with Gasteiger partial charge >= 0.3 is 0 Å². The van der Waals surface area contributed by atoms with Crippen LogP contribution >= 0.6 is 12.4 Å². The van der Waals surface area contributed by atoms with Crippen molar-refractivity contribution in [3.05, 3.63) is 0 Å². The molecule has 78 valence electrons. The molecule has 0 atom stereocenters. The Balaban J connectivity index is 0.00000144. The van der Waals surface area contributed by atoms with Crippen LogP contribution in [0.2, 0.25) is 0 Å². The lowest BCUT2D eigenvalue weighted by Crippen LogP contribution is -2.24. The van der Waals surface area contributed by atoms with Crippen molar-refractivity contribution in [2.75, 3.05) is 6.54 Å². The van der Waals surface area contributed by atoms with E-state index in [0.717, 1.165) is 19.4 Å². The summed E-state index contributed by atoms with van der Waals surface area (Å²) >= 11 is 0. The summed E-state index contributed by atoms with van der Waals surface area (Å²) in [6.45, 7) is 0.795. The topological polar surface area (TPSA) is 69.1 Å². The molecule has 13 heavy (non-hydrogen) atoms. The molecular formula is C9H19ClN2O. The maximum atomic E-state index is 10.6. The van der Waals surface area contributed by atoms with Crippen LogP contribution in [0.4, 0.5) is 0 Å². The van der Waals surface area contributed by atoms with Crippen LogP contribution in [0.15, 0.2) is 0 Å². The van der Waals surface area contributed by atoms with Crippen molar-refractivity contribution in [1.82, 2.24) is 0 Å². The quantitative estimate of drug-likeness (QED) is 0.725. The standard InChI is InChI=1S/C9H18N2O.ClH/c10-6-8-3-1-7(2-4-8)5-9(11)12;/h7-8H,1-6,10H2,(H2,11,12);1H. The maximum absolute atomic E-state index is 10.6. The predicted molar refractivity (Wildman–Crippen MR) is 55.6 cm³/mol. The van der Waals surface area contributed by atoms with Gasteiger partial charge in [-0.25, -0.2) is 0 Å². The van der Waals surface area contributed by atoms with Crippen molar-refractivity contribution in [2.45, 2.75) is 32.1 Å². The molecule has 0 spiro atoms. The van der Waals surface area contributed by atoms with Crippen LogP contribution in [0.5, 0.6) is 0 Å². The number of amides is 1. The SMILES string of the molecule is Cl.NCC1CCC(CC(N)=O)CC1. The Labute approximate surface area is 85.6 Å². The van der Waals surface area contributed by atoms with Crippen LogP contribution in [-0.4, -0.2) is 12.5 Å². The highest BCUT2D eigenvalue weighted by Crippen LogP contribution is 2.29. The minimum absolute atomic E-state index is 0. The zero-order chi connectivity index (χ0) is 8.97. The molecule has 0 aromatic rings. The fourth-order valence-corrected chi connectivity index (χ4v) is 1.96. The Morgan fingerprint density at radius 1 is 1.15 bits per heavy atom. The van der Waals surface area contributed by atoms with Crippen LogP contribution in [0, 0.1) is 11.8 Å². The second kappa shape index (κ2) is 6.22. The third kappa shape index (κ3) is 4.48. The first-order valence-electron chi connectivity index (χ1n) is 4.70. The first kappa shape index (κ1) is 12.7. The molecule has 1 amide bonds. The van der Waals surface area contributed by atoms with Gasteiger partial charge in [-0.1, -0.05) is 0 Å². The molecule has 0 unspecified atom stereocenters. The Hall–Kier alpha value is -0.280. The molecule has 4 N–H and O–H groups in total. The summed E-state index contributed by atoms with van der Waals surface area (Å²) < 4.78 is 0. The van der Waals surface area contributed by atoms with E-state index in [2.05, 4.69) is 0 Å². The molecule has 4 heteroatoms. The summed E-state index contributed by atoms with van der Waals surface area (Å²) in [7, 11) is 0. The zero-order valence-corrected chi connectivity index (χ0v) is 8.69. The van der Waals surface area contributed by atoms with Gasteiger partial charge in [-0.2, -0.15) is 0 Å². The number of nitrogens with two attached hydrogens (primary N) is 2. The first-order chi connectivity index (χ1) is 5.72. The van der Waals surface area contributed by atoms with E-state index in [0.29, 0.717) is 18.3 Å². The summed E-state index contributed by atoms with van der Waals surface area (Å²) in [6.07, 6.45) is 5.18. The Morgan fingerprint density at radius 3 is 2.00 bits per heavy atom. The van der Waals surface area contributed by atoms with Crippen LogP contribution in [0.3, 0.4) is 0 Å². The van der Waals surface area contributed by atoms with E-state index in [-0.39, 0.29) is 18.3 Å². The molecule has 0 bridgehead atoms. The highest BCUT2D eigenvalue weighted by atomic mass is 35.5. The van der Waals surface area contributed by atoms with Gasteiger partial charge in [-0.05, 0) is 44.1 Å². The largest absolute Gasteiger partial charge is 0.370 e. The highest BCUT2D eigenvalue weighted by Gasteiger charge is 2.20. The third-order valence-corrected chi connectivity index (χ3v) is 2.79. The van der Waals surface area contributed by atoms with Gasteiger partial charge in [-0.15, -0.1) is 12.4 Å². The lowest BCUT2D eigenvalue weighted by molar-refractivity contribution is -0.119. The minimum atomic E-state index is -0.161. The number of primary amides is 1. The Morgan fingerprint density at radius 2 is 1.62 bits per heavy atom. The molecule has 0 saturated heterocycles. The zero-order valence-electron chi connectivity index (χ0n) is 7.87. The molecular weight excluding hydrogens is 188 g/mol. The second-order valence-electron chi connectivity index (χ2n) is 3.79. The normalized spacial score (nSPS) is 27.8. The summed E-state index contributed by atoms with van der Waals surface area (Å²) in [6, 6.07) is 0. The molecule has 1 rings (SSSR count). The molecule has 0 aliphatic heterocycles. The predicted octanol–water partition coefficient (Wildman–Crippen LogP) is 1.05. The van der Waals surface area contributed by atoms with E-state index in [4.69, 9.17) is 11.5 Å².